The number of ether oxygens (including phenoxy) is 1. The Bertz CT molecular complexity index is 3350. The molecule has 0 aliphatic carbocycles. The van der Waals surface area contributed by atoms with Crippen molar-refractivity contribution in [1.82, 2.24) is 14.1 Å². The van der Waals surface area contributed by atoms with Crippen LogP contribution in [0.3, 0.4) is 0 Å². The molecule has 268 valence electrons. The largest absolute Gasteiger partial charge is 0.458 e. The third-order valence-electron chi connectivity index (χ3n) is 9.59. The lowest BCUT2D eigenvalue weighted by Gasteiger charge is -2.19. The average molecular weight is 727 g/mol. The topological polar surface area (TPSA) is 35.9 Å². The molecule has 9 rings (SSSR count). The number of benzene rings is 6. The summed E-state index contributed by atoms with van der Waals surface area (Å²) in [7, 11) is 0. The van der Waals surface area contributed by atoms with Crippen molar-refractivity contribution in [3.8, 4) is 50.9 Å². The molecule has 0 bridgehead atoms. The van der Waals surface area contributed by atoms with Gasteiger partial charge < -0.3 is 4.74 Å². The lowest BCUT2D eigenvalue weighted by Crippen LogP contribution is -2.30. The number of rotatable bonds is 8. The van der Waals surface area contributed by atoms with Crippen LogP contribution in [-0.4, -0.2) is 14.1 Å². The van der Waals surface area contributed by atoms with E-state index < -0.39 is 66.8 Å². The molecule has 9 aromatic rings. The molecule has 3 aromatic heterocycles. The fourth-order valence-corrected chi connectivity index (χ4v) is 6.87. The quantitative estimate of drug-likeness (QED) is 0.115. The van der Waals surface area contributed by atoms with Crippen LogP contribution in [0.2, 0.25) is 0 Å². The van der Waals surface area contributed by atoms with Crippen LogP contribution in [0, 0.1) is 6.33 Å². The maximum atomic E-state index is 8.85. The van der Waals surface area contributed by atoms with Gasteiger partial charge in [0.25, 0.3) is 6.33 Å². The van der Waals surface area contributed by atoms with Crippen LogP contribution in [0.5, 0.6) is 11.5 Å². The number of pyridine rings is 1. The Kier molecular flexibility index (Phi) is 5.86. The summed E-state index contributed by atoms with van der Waals surface area (Å²) in [6.45, 7) is 8.01. The van der Waals surface area contributed by atoms with E-state index in [1.165, 1.54) is 11.5 Å². The lowest BCUT2D eigenvalue weighted by molar-refractivity contribution is -0.598. The molecule has 0 fully saturated rings. The van der Waals surface area contributed by atoms with Gasteiger partial charge in [0.1, 0.15) is 17.3 Å². The molecule has 0 aliphatic heterocycles. The Morgan fingerprint density at radius 2 is 1.45 bits per heavy atom. The molecular weight excluding hydrogens is 673 g/mol. The highest BCUT2D eigenvalue weighted by Gasteiger charge is 2.20. The zero-order valence-electron chi connectivity index (χ0n) is 42.6. The van der Waals surface area contributed by atoms with Crippen LogP contribution >= 0.6 is 0 Å². The summed E-state index contributed by atoms with van der Waals surface area (Å²) in [6, 6.07) is 22.3. The van der Waals surface area contributed by atoms with Crippen LogP contribution in [-0.2, 0) is 11.8 Å². The second-order valence-corrected chi connectivity index (χ2v) is 14.1. The number of para-hydroxylation sites is 1. The molecule has 0 N–H and O–H groups in total. The molecular formula is C50H42N4O. The summed E-state index contributed by atoms with van der Waals surface area (Å²) >= 11 is 0. The average Bonchev–Trinajstić information content (AvgIpc) is 3.92. The molecule has 5 heteroatoms. The SMILES string of the molecule is [2H]c1c([2H])c([2H])c(-c2cccc(-c3c([2H])c([2H])c([2H])c([2H])c3[2H])c2-[n+]2[c-]n(-c3cccc(Oc4ccc5c6cc(C(C)(C)C)ccc6n(-c6cc(C([2H])([2H])C)ccn6)c5c4)c3)cc2)c([2H])c1[2H]. The van der Waals surface area contributed by atoms with Gasteiger partial charge in [-0.15, -0.1) is 0 Å². The number of imidazole rings is 1. The first kappa shape index (κ1) is 23.1. The summed E-state index contributed by atoms with van der Waals surface area (Å²) in [5.74, 6) is 1.56. The van der Waals surface area contributed by atoms with Crippen molar-refractivity contribution >= 4 is 21.8 Å². The summed E-state index contributed by atoms with van der Waals surface area (Å²) in [5.41, 5.74) is 4.04. The third-order valence-corrected chi connectivity index (χ3v) is 9.59. The molecule has 6 aromatic carbocycles. The van der Waals surface area contributed by atoms with Gasteiger partial charge in [-0.25, -0.2) is 4.98 Å². The number of fused-ring (bicyclic) bond motifs is 3. The van der Waals surface area contributed by atoms with Crippen LogP contribution in [0.25, 0.3) is 61.3 Å². The van der Waals surface area contributed by atoms with Crippen LogP contribution < -0.4 is 9.30 Å². The normalized spacial score (nSPS) is 15.1. The minimum Gasteiger partial charge on any atom is -0.458 e. The minimum absolute atomic E-state index is 0.107. The van der Waals surface area contributed by atoms with Crippen molar-refractivity contribution in [2.45, 2.75) is 39.5 Å². The number of hydrogen-bond donors (Lipinski definition) is 0. The van der Waals surface area contributed by atoms with Gasteiger partial charge in [0.2, 0.25) is 0 Å². The Labute approximate surface area is 339 Å². The fourth-order valence-electron chi connectivity index (χ4n) is 6.87. The van der Waals surface area contributed by atoms with Gasteiger partial charge in [-0.05, 0) is 99.8 Å². The van der Waals surface area contributed by atoms with Crippen LogP contribution in [0.15, 0.2) is 170 Å². The second-order valence-electron chi connectivity index (χ2n) is 14.1. The number of hydrogen-bond acceptors (Lipinski definition) is 2. The minimum atomic E-state index is -1.59. The first-order valence-corrected chi connectivity index (χ1v) is 17.8. The zero-order valence-corrected chi connectivity index (χ0v) is 30.6. The van der Waals surface area contributed by atoms with Gasteiger partial charge in [-0.3, -0.25) is 13.7 Å². The van der Waals surface area contributed by atoms with E-state index in [1.54, 1.807) is 71.7 Å². The molecule has 0 saturated heterocycles. The van der Waals surface area contributed by atoms with Gasteiger partial charge >= 0.3 is 0 Å². The molecule has 0 spiro atoms. The van der Waals surface area contributed by atoms with Crippen molar-refractivity contribution in [2.24, 2.45) is 0 Å². The van der Waals surface area contributed by atoms with Crippen molar-refractivity contribution in [2.75, 3.05) is 0 Å². The molecule has 0 aliphatic rings. The Morgan fingerprint density at radius 1 is 0.745 bits per heavy atom. The van der Waals surface area contributed by atoms with Gasteiger partial charge in [0.15, 0.2) is 0 Å². The first-order chi connectivity index (χ1) is 31.6. The van der Waals surface area contributed by atoms with E-state index in [4.69, 9.17) is 26.2 Å². The van der Waals surface area contributed by atoms with Crippen molar-refractivity contribution in [3.05, 3.63) is 187 Å². The number of nitrogens with zero attached hydrogens (tertiary/aromatic N) is 4. The molecule has 0 radical (unpaired) electrons. The van der Waals surface area contributed by atoms with E-state index in [1.807, 2.05) is 28.8 Å². The van der Waals surface area contributed by atoms with E-state index >= 15 is 0 Å². The maximum Gasteiger partial charge on any atom is 0.268 e. The van der Waals surface area contributed by atoms with E-state index in [0.717, 1.165) is 27.4 Å². The Hall–Kier alpha value is -6.72. The summed E-state index contributed by atoms with van der Waals surface area (Å²) in [4.78, 5) is 4.70. The smallest absolute Gasteiger partial charge is 0.268 e. The zero-order chi connectivity index (χ0) is 48.0. The van der Waals surface area contributed by atoms with Crippen molar-refractivity contribution < 1.29 is 25.8 Å². The molecule has 0 unspecified atom stereocenters. The van der Waals surface area contributed by atoms with Gasteiger partial charge in [-0.2, -0.15) is 0 Å². The van der Waals surface area contributed by atoms with Crippen LogP contribution in [0.4, 0.5) is 0 Å². The molecule has 0 amide bonds. The number of aromatic nitrogens is 4. The number of aryl methyl sites for hydroxylation is 1. The second kappa shape index (κ2) is 13.9. The predicted molar refractivity (Wildman–Crippen MR) is 224 cm³/mol. The van der Waals surface area contributed by atoms with Crippen molar-refractivity contribution in [1.29, 1.82) is 0 Å². The highest BCUT2D eigenvalue weighted by molar-refractivity contribution is 6.09. The van der Waals surface area contributed by atoms with E-state index in [2.05, 4.69) is 45.3 Å². The van der Waals surface area contributed by atoms with Crippen molar-refractivity contribution in [3.63, 3.8) is 0 Å². The monoisotopic (exact) mass is 726 g/mol. The molecule has 55 heavy (non-hydrogen) atoms. The Morgan fingerprint density at radius 3 is 2.16 bits per heavy atom. The highest BCUT2D eigenvalue weighted by Crippen LogP contribution is 2.38. The third kappa shape index (κ3) is 6.48. The molecule has 0 atom stereocenters. The molecule has 5 nitrogen and oxygen atoms in total. The van der Waals surface area contributed by atoms with Gasteiger partial charge in [0.05, 0.1) is 36.1 Å². The Balaban J connectivity index is 1.16. The summed E-state index contributed by atoms with van der Waals surface area (Å²) in [6.07, 6.45) is 6.57. The standard InChI is InChI=1S/C50H42N4O/c1-5-35-26-27-51-48(30-35)54-46-25-22-38(50(2,3)4)31-45(46)44-24-23-41(33-47(44)54)55-40-19-12-18-39(32-40)52-28-29-53(34-52)49-42(36-14-8-6-9-15-36)20-13-21-43(49)37-16-10-7-11-17-37/h6-33H,5H2,1-4H3/i5D2,6D,7D,8D,9D,10D,11D,14D,15D,16D,17D. The van der Waals surface area contributed by atoms with Gasteiger partial charge in [-0.1, -0.05) is 118 Å². The first-order valence-electron chi connectivity index (χ1n) is 23.8. The maximum absolute atomic E-state index is 8.85. The summed E-state index contributed by atoms with van der Waals surface area (Å²) in [5, 5.41) is 1.98. The van der Waals surface area contributed by atoms with E-state index in [9.17, 15) is 0 Å². The van der Waals surface area contributed by atoms with E-state index in [0.29, 0.717) is 28.6 Å². The highest BCUT2D eigenvalue weighted by atomic mass is 16.5. The van der Waals surface area contributed by atoms with Gasteiger partial charge in [0, 0.05) is 38.2 Å². The predicted octanol–water partition coefficient (Wildman–Crippen LogP) is 12.0. The van der Waals surface area contributed by atoms with Crippen LogP contribution in [0.1, 0.15) is 55.3 Å². The fraction of sp³-hybridized carbons (Fsp3) is 0.120. The lowest BCUT2D eigenvalue weighted by atomic mass is 9.86. The molecule has 0 saturated carbocycles. The summed E-state index contributed by atoms with van der Waals surface area (Å²) < 4.78 is 114. The molecule has 3 heterocycles. The van der Waals surface area contributed by atoms with E-state index in [-0.39, 0.29) is 33.4 Å².